The smallest absolute Gasteiger partial charge is 0.220 e. The molecule has 138 valence electrons. The zero-order valence-corrected chi connectivity index (χ0v) is 16.4. The van der Waals surface area contributed by atoms with E-state index in [-0.39, 0.29) is 5.91 Å². The van der Waals surface area contributed by atoms with Gasteiger partial charge in [0.15, 0.2) is 0 Å². The van der Waals surface area contributed by atoms with E-state index in [0.717, 1.165) is 36.5 Å². The number of nitrogens with one attached hydrogen (secondary N) is 1. The first-order chi connectivity index (χ1) is 12.3. The van der Waals surface area contributed by atoms with Crippen molar-refractivity contribution in [1.29, 1.82) is 0 Å². The van der Waals surface area contributed by atoms with Gasteiger partial charge in [0, 0.05) is 36.2 Å². The second-order valence-corrected chi connectivity index (χ2v) is 9.67. The summed E-state index contributed by atoms with van der Waals surface area (Å²) in [5.41, 5.74) is 1.02. The van der Waals surface area contributed by atoms with E-state index in [0.29, 0.717) is 24.9 Å². The molecule has 1 aliphatic heterocycles. The molecule has 2 aliphatic rings. The van der Waals surface area contributed by atoms with Gasteiger partial charge in [-0.3, -0.25) is 4.79 Å². The summed E-state index contributed by atoms with van der Waals surface area (Å²) in [6.07, 6.45) is 12.3. The summed E-state index contributed by atoms with van der Waals surface area (Å²) in [6, 6.07) is 3.91. The van der Waals surface area contributed by atoms with Crippen molar-refractivity contribution in [3.05, 3.63) is 23.9 Å². The van der Waals surface area contributed by atoms with E-state index in [9.17, 15) is 4.79 Å². The number of rotatable bonds is 9. The summed E-state index contributed by atoms with van der Waals surface area (Å²) in [4.78, 5) is 16.3. The van der Waals surface area contributed by atoms with Gasteiger partial charge in [0.2, 0.25) is 11.8 Å². The average molecular weight is 381 g/mol. The minimum atomic E-state index is 0.139. The zero-order chi connectivity index (χ0) is 17.3. The number of unbranched alkanes of at least 4 members (excludes halogenated alkanes) is 1. The number of carbonyl (C=O) groups excluding carboxylic acids is 1. The standard InChI is InChI=1S/C19H28N2O2S2/c22-18(8-4-3-7-17-11-12-24-25-17)20-13-15-9-10-19(21-14-15)23-16-5-1-2-6-16/h9-10,14,16-17H,1-8,11-13H2,(H,20,22). The van der Waals surface area contributed by atoms with Crippen molar-refractivity contribution in [2.75, 3.05) is 5.75 Å². The van der Waals surface area contributed by atoms with Gasteiger partial charge in [0.1, 0.15) is 6.10 Å². The number of hydrogen-bond acceptors (Lipinski definition) is 5. The highest BCUT2D eigenvalue weighted by Gasteiger charge is 2.17. The molecule has 1 saturated carbocycles. The molecule has 0 aromatic carbocycles. The third kappa shape index (κ3) is 6.74. The molecule has 4 nitrogen and oxygen atoms in total. The quantitative estimate of drug-likeness (QED) is 0.496. The van der Waals surface area contributed by atoms with Crippen molar-refractivity contribution in [3.63, 3.8) is 0 Å². The Morgan fingerprint density at radius 3 is 2.84 bits per heavy atom. The Morgan fingerprint density at radius 2 is 2.12 bits per heavy atom. The van der Waals surface area contributed by atoms with Crippen molar-refractivity contribution in [2.24, 2.45) is 0 Å². The Morgan fingerprint density at radius 1 is 1.24 bits per heavy atom. The van der Waals surface area contributed by atoms with Crippen LogP contribution in [-0.4, -0.2) is 28.0 Å². The summed E-state index contributed by atoms with van der Waals surface area (Å²) in [5, 5.41) is 3.80. The highest BCUT2D eigenvalue weighted by Crippen LogP contribution is 2.39. The minimum absolute atomic E-state index is 0.139. The Kier molecular flexibility index (Phi) is 7.80. The van der Waals surface area contributed by atoms with Crippen molar-refractivity contribution in [1.82, 2.24) is 10.3 Å². The third-order valence-corrected chi connectivity index (χ3v) is 7.79. The van der Waals surface area contributed by atoms with Crippen LogP contribution in [-0.2, 0) is 11.3 Å². The Labute approximate surface area is 158 Å². The predicted octanol–water partition coefficient (Wildman–Crippen LogP) is 4.73. The molecule has 1 aromatic rings. The fourth-order valence-corrected chi connectivity index (χ4v) is 6.30. The van der Waals surface area contributed by atoms with Crippen molar-refractivity contribution in [3.8, 4) is 5.88 Å². The van der Waals surface area contributed by atoms with E-state index >= 15 is 0 Å². The summed E-state index contributed by atoms with van der Waals surface area (Å²) in [6.45, 7) is 0.546. The lowest BCUT2D eigenvalue weighted by Gasteiger charge is -2.12. The molecular weight excluding hydrogens is 352 g/mol. The number of aromatic nitrogens is 1. The van der Waals surface area contributed by atoms with Gasteiger partial charge in [-0.2, -0.15) is 0 Å². The summed E-state index contributed by atoms with van der Waals surface area (Å²) >= 11 is 0. The normalized spacial score (nSPS) is 20.7. The Balaban J connectivity index is 1.28. The number of nitrogens with zero attached hydrogens (tertiary/aromatic N) is 1. The first-order valence-electron chi connectivity index (χ1n) is 9.46. The molecule has 0 spiro atoms. The number of amides is 1. The molecule has 1 atom stereocenters. The second kappa shape index (κ2) is 10.3. The maximum atomic E-state index is 11.9. The molecule has 3 rings (SSSR count). The van der Waals surface area contributed by atoms with Crippen LogP contribution in [0.5, 0.6) is 5.88 Å². The highest BCUT2D eigenvalue weighted by molar-refractivity contribution is 8.77. The van der Waals surface area contributed by atoms with Crippen LogP contribution in [0.25, 0.3) is 0 Å². The van der Waals surface area contributed by atoms with Crippen LogP contribution in [0.3, 0.4) is 0 Å². The minimum Gasteiger partial charge on any atom is -0.474 e. The largest absolute Gasteiger partial charge is 0.474 e. The van der Waals surface area contributed by atoms with E-state index in [4.69, 9.17) is 4.74 Å². The van der Waals surface area contributed by atoms with E-state index < -0.39 is 0 Å². The van der Waals surface area contributed by atoms with Crippen LogP contribution in [0.4, 0.5) is 0 Å². The Hall–Kier alpha value is -0.880. The molecule has 1 aliphatic carbocycles. The van der Waals surface area contributed by atoms with E-state index in [1.807, 2.05) is 33.7 Å². The van der Waals surface area contributed by atoms with E-state index in [2.05, 4.69) is 10.3 Å². The molecule has 1 unspecified atom stereocenters. The maximum absolute atomic E-state index is 11.9. The molecule has 6 heteroatoms. The molecule has 1 saturated heterocycles. The van der Waals surface area contributed by atoms with Crippen LogP contribution in [0.1, 0.15) is 63.4 Å². The van der Waals surface area contributed by atoms with Gasteiger partial charge < -0.3 is 10.1 Å². The van der Waals surface area contributed by atoms with Gasteiger partial charge in [-0.15, -0.1) is 0 Å². The summed E-state index contributed by atoms with van der Waals surface area (Å²) in [7, 11) is 4.00. The van der Waals surface area contributed by atoms with Crippen LogP contribution in [0, 0.1) is 0 Å². The monoisotopic (exact) mass is 380 g/mol. The number of pyridine rings is 1. The lowest BCUT2D eigenvalue weighted by Crippen LogP contribution is -2.22. The van der Waals surface area contributed by atoms with E-state index in [1.54, 1.807) is 6.20 Å². The van der Waals surface area contributed by atoms with Crippen LogP contribution in [0.15, 0.2) is 18.3 Å². The Bertz CT molecular complexity index is 527. The lowest BCUT2D eigenvalue weighted by atomic mass is 10.1. The van der Waals surface area contributed by atoms with Gasteiger partial charge >= 0.3 is 0 Å². The van der Waals surface area contributed by atoms with Gasteiger partial charge in [-0.05, 0) is 50.5 Å². The van der Waals surface area contributed by atoms with Gasteiger partial charge in [0.25, 0.3) is 0 Å². The number of ether oxygens (including phenoxy) is 1. The molecule has 1 amide bonds. The highest BCUT2D eigenvalue weighted by atomic mass is 33.1. The molecule has 1 N–H and O–H groups in total. The fraction of sp³-hybridized carbons (Fsp3) is 0.684. The van der Waals surface area contributed by atoms with Crippen molar-refractivity contribution >= 4 is 27.5 Å². The van der Waals surface area contributed by atoms with Gasteiger partial charge in [0.05, 0.1) is 0 Å². The molecule has 2 fully saturated rings. The fourth-order valence-electron chi connectivity index (χ4n) is 3.27. The second-order valence-electron chi connectivity index (χ2n) is 6.88. The lowest BCUT2D eigenvalue weighted by molar-refractivity contribution is -0.121. The van der Waals surface area contributed by atoms with Gasteiger partial charge in [-0.25, -0.2) is 4.98 Å². The molecule has 25 heavy (non-hydrogen) atoms. The predicted molar refractivity (Wildman–Crippen MR) is 106 cm³/mol. The molecule has 2 heterocycles. The maximum Gasteiger partial charge on any atom is 0.220 e. The topological polar surface area (TPSA) is 51.2 Å². The van der Waals surface area contributed by atoms with Crippen LogP contribution < -0.4 is 10.1 Å². The molecule has 0 radical (unpaired) electrons. The summed E-state index contributed by atoms with van der Waals surface area (Å²) < 4.78 is 5.86. The number of hydrogen-bond donors (Lipinski definition) is 1. The summed E-state index contributed by atoms with van der Waals surface area (Å²) in [5.74, 6) is 2.12. The van der Waals surface area contributed by atoms with Crippen molar-refractivity contribution < 1.29 is 9.53 Å². The van der Waals surface area contributed by atoms with Crippen molar-refractivity contribution in [2.45, 2.75) is 75.7 Å². The third-order valence-electron chi connectivity index (χ3n) is 4.78. The molecule has 0 bridgehead atoms. The SMILES string of the molecule is O=C(CCCCC1CCSS1)NCc1ccc(OC2CCCC2)nc1. The molecule has 1 aromatic heterocycles. The van der Waals surface area contributed by atoms with Crippen LogP contribution >= 0.6 is 21.6 Å². The van der Waals surface area contributed by atoms with E-state index in [1.165, 1.54) is 31.4 Å². The zero-order valence-electron chi connectivity index (χ0n) is 14.7. The number of carbonyl (C=O) groups is 1. The first kappa shape index (κ1) is 18.9. The van der Waals surface area contributed by atoms with Gasteiger partial charge in [-0.1, -0.05) is 34.1 Å². The average Bonchev–Trinajstić information content (AvgIpc) is 3.32. The first-order valence-corrected chi connectivity index (χ1v) is 11.8. The van der Waals surface area contributed by atoms with Crippen LogP contribution in [0.2, 0.25) is 0 Å². The molecular formula is C19H28N2O2S2.